The van der Waals surface area contributed by atoms with Crippen molar-refractivity contribution in [3.63, 3.8) is 0 Å². The second-order valence-electron chi connectivity index (χ2n) is 2.38. The number of carbonyl (C=O) groups excluding carboxylic acids is 2. The van der Waals surface area contributed by atoms with Crippen molar-refractivity contribution in [1.82, 2.24) is 0 Å². The Morgan fingerprint density at radius 2 is 1.92 bits per heavy atom. The summed E-state index contributed by atoms with van der Waals surface area (Å²) in [7, 11) is 0. The van der Waals surface area contributed by atoms with Crippen molar-refractivity contribution in [2.45, 2.75) is 26.9 Å². The highest BCUT2D eigenvalue weighted by Crippen LogP contribution is 1.90. The van der Waals surface area contributed by atoms with Crippen molar-refractivity contribution in [1.29, 1.82) is 0 Å². The summed E-state index contributed by atoms with van der Waals surface area (Å²) < 4.78 is 4.34. The lowest BCUT2D eigenvalue weighted by atomic mass is 10.5. The van der Waals surface area contributed by atoms with Crippen LogP contribution in [0.25, 0.3) is 0 Å². The van der Waals surface area contributed by atoms with E-state index in [2.05, 4.69) is 14.5 Å². The van der Waals surface area contributed by atoms with E-state index in [4.69, 9.17) is 0 Å². The van der Waals surface area contributed by atoms with E-state index in [1.165, 1.54) is 6.92 Å². The van der Waals surface area contributed by atoms with E-state index in [0.717, 1.165) is 0 Å². The monoisotopic (exact) mass is 176 g/mol. The minimum Gasteiger partial charge on any atom is -0.454 e. The van der Waals surface area contributed by atoms with Gasteiger partial charge in [-0.2, -0.15) is 4.89 Å². The maximum absolute atomic E-state index is 10.6. The van der Waals surface area contributed by atoms with Gasteiger partial charge in [0.05, 0.1) is 6.10 Å². The molecule has 70 valence electrons. The first-order valence-corrected chi connectivity index (χ1v) is 3.52. The minimum atomic E-state index is -0.723. The molecule has 0 atom stereocenters. The first-order valence-electron chi connectivity index (χ1n) is 3.52. The molecule has 0 heterocycles. The SMILES string of the molecule is CC(=O)OCC(=O)OOC(C)C. The average Bonchev–Trinajstić information content (AvgIpc) is 1.96. The Balaban J connectivity index is 3.40. The van der Waals surface area contributed by atoms with Crippen LogP contribution < -0.4 is 0 Å². The number of rotatable bonds is 4. The van der Waals surface area contributed by atoms with Gasteiger partial charge in [0.1, 0.15) is 0 Å². The summed E-state index contributed by atoms with van der Waals surface area (Å²) in [6, 6.07) is 0. The predicted molar refractivity (Wildman–Crippen MR) is 38.9 cm³/mol. The molecular weight excluding hydrogens is 164 g/mol. The van der Waals surface area contributed by atoms with Crippen LogP contribution in [-0.4, -0.2) is 24.6 Å². The Morgan fingerprint density at radius 1 is 1.33 bits per heavy atom. The zero-order chi connectivity index (χ0) is 9.56. The zero-order valence-electron chi connectivity index (χ0n) is 7.33. The molecule has 0 radical (unpaired) electrons. The third-order valence-electron chi connectivity index (χ3n) is 0.727. The standard InChI is InChI=1S/C7H12O5/c1-5(2)11-12-7(9)4-10-6(3)8/h5H,4H2,1-3H3. The Labute approximate surface area is 70.5 Å². The molecule has 0 unspecified atom stereocenters. The smallest absolute Gasteiger partial charge is 0.379 e. The first kappa shape index (κ1) is 10.9. The molecule has 5 heteroatoms. The summed E-state index contributed by atoms with van der Waals surface area (Å²) in [6.45, 7) is 4.21. The quantitative estimate of drug-likeness (QED) is 0.353. The summed E-state index contributed by atoms with van der Waals surface area (Å²) in [5.41, 5.74) is 0. The number of ether oxygens (including phenoxy) is 1. The van der Waals surface area contributed by atoms with Crippen LogP contribution in [0.3, 0.4) is 0 Å². The maximum Gasteiger partial charge on any atom is 0.379 e. The van der Waals surface area contributed by atoms with Gasteiger partial charge >= 0.3 is 11.9 Å². The molecule has 0 saturated heterocycles. The second kappa shape index (κ2) is 5.54. The second-order valence-corrected chi connectivity index (χ2v) is 2.38. The molecule has 0 aliphatic heterocycles. The number of carbonyl (C=O) groups is 2. The summed E-state index contributed by atoms with van der Waals surface area (Å²) in [4.78, 5) is 29.6. The molecule has 5 nitrogen and oxygen atoms in total. The van der Waals surface area contributed by atoms with Crippen LogP contribution in [0.2, 0.25) is 0 Å². The van der Waals surface area contributed by atoms with Crippen molar-refractivity contribution in [3.05, 3.63) is 0 Å². The fourth-order valence-corrected chi connectivity index (χ4v) is 0.335. The van der Waals surface area contributed by atoms with Crippen LogP contribution in [-0.2, 0) is 24.1 Å². The van der Waals surface area contributed by atoms with Crippen molar-refractivity contribution >= 4 is 11.9 Å². The van der Waals surface area contributed by atoms with Gasteiger partial charge in [-0.25, -0.2) is 4.79 Å². The first-order chi connectivity index (χ1) is 5.52. The highest BCUT2D eigenvalue weighted by Gasteiger charge is 2.06. The molecule has 0 bridgehead atoms. The lowest BCUT2D eigenvalue weighted by Gasteiger charge is -2.05. The van der Waals surface area contributed by atoms with Gasteiger partial charge < -0.3 is 4.74 Å². The van der Waals surface area contributed by atoms with Crippen LogP contribution >= 0.6 is 0 Å². The molecule has 0 aromatic rings. The van der Waals surface area contributed by atoms with Crippen LogP contribution in [0.4, 0.5) is 0 Å². The minimum absolute atomic E-state index is 0.203. The Bertz CT molecular complexity index is 163. The van der Waals surface area contributed by atoms with Gasteiger partial charge in [0.2, 0.25) is 0 Å². The van der Waals surface area contributed by atoms with Crippen LogP contribution in [0.1, 0.15) is 20.8 Å². The van der Waals surface area contributed by atoms with Gasteiger partial charge in [-0.1, -0.05) is 0 Å². The van der Waals surface area contributed by atoms with Crippen molar-refractivity contribution in [3.8, 4) is 0 Å². The topological polar surface area (TPSA) is 61.8 Å². The summed E-state index contributed by atoms with van der Waals surface area (Å²) in [5, 5.41) is 0. The fraction of sp³-hybridized carbons (Fsp3) is 0.714. The lowest BCUT2D eigenvalue weighted by molar-refractivity contribution is -0.293. The molecule has 0 rings (SSSR count). The van der Waals surface area contributed by atoms with Gasteiger partial charge in [0.25, 0.3) is 0 Å². The van der Waals surface area contributed by atoms with Gasteiger partial charge in [-0.3, -0.25) is 9.68 Å². The number of hydrogen-bond acceptors (Lipinski definition) is 5. The largest absolute Gasteiger partial charge is 0.454 e. The lowest BCUT2D eigenvalue weighted by Crippen LogP contribution is -2.17. The molecule has 0 saturated carbocycles. The van der Waals surface area contributed by atoms with Crippen LogP contribution in [0.15, 0.2) is 0 Å². The van der Waals surface area contributed by atoms with Gasteiger partial charge in [-0.05, 0) is 13.8 Å². The molecule has 0 amide bonds. The third kappa shape index (κ3) is 7.01. The third-order valence-corrected chi connectivity index (χ3v) is 0.727. The van der Waals surface area contributed by atoms with E-state index in [0.29, 0.717) is 0 Å². The maximum atomic E-state index is 10.6. The Kier molecular flexibility index (Phi) is 5.03. The van der Waals surface area contributed by atoms with E-state index in [9.17, 15) is 9.59 Å². The summed E-state index contributed by atoms with van der Waals surface area (Å²) in [6.07, 6.45) is -0.203. The molecule has 0 spiro atoms. The number of esters is 1. The van der Waals surface area contributed by atoms with Gasteiger partial charge in [0, 0.05) is 6.92 Å². The molecule has 0 aromatic carbocycles. The Hall–Kier alpha value is -1.10. The van der Waals surface area contributed by atoms with Crippen molar-refractivity contribution < 1.29 is 24.1 Å². The van der Waals surface area contributed by atoms with E-state index in [-0.39, 0.29) is 6.10 Å². The van der Waals surface area contributed by atoms with E-state index >= 15 is 0 Å². The van der Waals surface area contributed by atoms with Crippen LogP contribution in [0.5, 0.6) is 0 Å². The van der Waals surface area contributed by atoms with Crippen molar-refractivity contribution in [2.24, 2.45) is 0 Å². The van der Waals surface area contributed by atoms with E-state index in [1.807, 2.05) is 0 Å². The normalized spacial score (nSPS) is 9.67. The molecule has 0 aliphatic carbocycles. The molecular formula is C7H12O5. The molecule has 12 heavy (non-hydrogen) atoms. The molecule has 0 fully saturated rings. The number of hydrogen-bond donors (Lipinski definition) is 0. The molecule has 0 aliphatic rings. The summed E-state index contributed by atoms with van der Waals surface area (Å²) >= 11 is 0. The highest BCUT2D eigenvalue weighted by molar-refractivity contribution is 5.74. The summed E-state index contributed by atoms with van der Waals surface area (Å²) in [5.74, 6) is -1.25. The van der Waals surface area contributed by atoms with Crippen molar-refractivity contribution in [2.75, 3.05) is 6.61 Å². The fourth-order valence-electron chi connectivity index (χ4n) is 0.335. The molecule has 0 aromatic heterocycles. The predicted octanol–water partition coefficient (Wildman–Crippen LogP) is 0.433. The van der Waals surface area contributed by atoms with Crippen LogP contribution in [0, 0.1) is 0 Å². The zero-order valence-corrected chi connectivity index (χ0v) is 7.33. The van der Waals surface area contributed by atoms with E-state index < -0.39 is 18.5 Å². The molecule has 0 N–H and O–H groups in total. The van der Waals surface area contributed by atoms with Gasteiger partial charge in [-0.15, -0.1) is 0 Å². The Morgan fingerprint density at radius 3 is 2.33 bits per heavy atom. The highest BCUT2D eigenvalue weighted by atomic mass is 17.2. The van der Waals surface area contributed by atoms with E-state index in [1.54, 1.807) is 13.8 Å². The average molecular weight is 176 g/mol. The van der Waals surface area contributed by atoms with Gasteiger partial charge in [0.15, 0.2) is 6.61 Å².